The van der Waals surface area contributed by atoms with Gasteiger partial charge in [0.25, 0.3) is 0 Å². The molecule has 1 aliphatic carbocycles. The predicted molar refractivity (Wildman–Crippen MR) is 51.8 cm³/mol. The van der Waals surface area contributed by atoms with Crippen molar-refractivity contribution < 1.29 is 1.43 Å². The van der Waals surface area contributed by atoms with E-state index in [4.69, 9.17) is 0 Å². The maximum atomic E-state index is 3.58. The van der Waals surface area contributed by atoms with Crippen LogP contribution in [0.3, 0.4) is 0 Å². The molecule has 1 aliphatic rings. The third-order valence-electron chi connectivity index (χ3n) is 2.71. The van der Waals surface area contributed by atoms with E-state index in [0.717, 1.165) is 17.9 Å². The highest BCUT2D eigenvalue weighted by Crippen LogP contribution is 2.29. The highest BCUT2D eigenvalue weighted by atomic mass is 14.9. The van der Waals surface area contributed by atoms with Crippen molar-refractivity contribution in [2.75, 3.05) is 6.54 Å². The molecule has 1 unspecified atom stereocenters. The molecule has 0 aromatic carbocycles. The van der Waals surface area contributed by atoms with Gasteiger partial charge in [0, 0.05) is 7.47 Å². The zero-order chi connectivity index (χ0) is 8.27. The first kappa shape index (κ1) is 9.05. The monoisotopic (exact) mass is 157 g/mol. The van der Waals surface area contributed by atoms with E-state index in [9.17, 15) is 0 Å². The van der Waals surface area contributed by atoms with E-state index in [0.29, 0.717) is 0 Å². The minimum Gasteiger partial charge on any atom is -0.314 e. The van der Waals surface area contributed by atoms with Crippen molar-refractivity contribution in [3.63, 3.8) is 0 Å². The fourth-order valence-corrected chi connectivity index (χ4v) is 1.53. The molecule has 0 radical (unpaired) electrons. The lowest BCUT2D eigenvalue weighted by Gasteiger charge is -2.32. The van der Waals surface area contributed by atoms with Gasteiger partial charge in [-0.25, -0.2) is 0 Å². The second kappa shape index (κ2) is 4.10. The Morgan fingerprint density at radius 1 is 1.36 bits per heavy atom. The highest BCUT2D eigenvalue weighted by Gasteiger charge is 2.23. The molecule has 11 heavy (non-hydrogen) atoms. The van der Waals surface area contributed by atoms with Crippen LogP contribution in [0.1, 0.15) is 41.5 Å². The van der Waals surface area contributed by atoms with Gasteiger partial charge in [-0.15, -0.1) is 0 Å². The zero-order valence-electron chi connectivity index (χ0n) is 8.06. The third kappa shape index (κ3) is 2.82. The molecular weight excluding hydrogens is 134 g/mol. The Bertz CT molecular complexity index is 110. The van der Waals surface area contributed by atoms with Crippen LogP contribution >= 0.6 is 0 Å². The molecule has 1 nitrogen and oxygen atoms in total. The summed E-state index contributed by atoms with van der Waals surface area (Å²) in [5.41, 5.74) is 0. The van der Waals surface area contributed by atoms with Gasteiger partial charge in [0.2, 0.25) is 0 Å². The Hall–Kier alpha value is -0.0400. The van der Waals surface area contributed by atoms with E-state index >= 15 is 0 Å². The molecule has 1 atom stereocenters. The summed E-state index contributed by atoms with van der Waals surface area (Å²) >= 11 is 0. The van der Waals surface area contributed by atoms with Gasteiger partial charge < -0.3 is 5.32 Å². The zero-order valence-corrected chi connectivity index (χ0v) is 8.06. The number of hydrogen-bond donors (Lipinski definition) is 1. The lowest BCUT2D eigenvalue weighted by atomic mass is 9.80. The smallest absolute Gasteiger partial charge is 0.00671 e. The maximum Gasteiger partial charge on any atom is 0.00671 e. The average molecular weight is 157 g/mol. The molecule has 0 saturated heterocycles. The van der Waals surface area contributed by atoms with Crippen LogP contribution in [0.2, 0.25) is 0 Å². The Balaban J connectivity index is 0.00000121. The second-order valence-electron chi connectivity index (χ2n) is 4.28. The Kier molecular flexibility index (Phi) is 3.38. The molecule has 0 bridgehead atoms. The minimum absolute atomic E-state index is 0. The molecule has 0 heterocycles. The Morgan fingerprint density at radius 2 is 2.00 bits per heavy atom. The van der Waals surface area contributed by atoms with Crippen molar-refractivity contribution in [3.05, 3.63) is 0 Å². The van der Waals surface area contributed by atoms with E-state index in [1.54, 1.807) is 0 Å². The lowest BCUT2D eigenvalue weighted by molar-refractivity contribution is 0.236. The van der Waals surface area contributed by atoms with Crippen LogP contribution in [-0.2, 0) is 0 Å². The number of hydrogen-bond acceptors (Lipinski definition) is 1. The normalized spacial score (nSPS) is 21.8. The summed E-state index contributed by atoms with van der Waals surface area (Å²) in [7, 11) is 0. The molecule has 1 fully saturated rings. The van der Waals surface area contributed by atoms with Crippen molar-refractivity contribution in [1.82, 2.24) is 5.32 Å². The van der Waals surface area contributed by atoms with Crippen molar-refractivity contribution in [1.29, 1.82) is 0 Å². The first-order chi connectivity index (χ1) is 5.20. The molecule has 1 heteroatoms. The summed E-state index contributed by atoms with van der Waals surface area (Å²) in [6, 6.07) is 0.756. The summed E-state index contributed by atoms with van der Waals surface area (Å²) in [5.74, 6) is 1.77. The van der Waals surface area contributed by atoms with E-state index in [-0.39, 0.29) is 1.43 Å². The molecule has 68 valence electrons. The van der Waals surface area contributed by atoms with Crippen LogP contribution in [-0.4, -0.2) is 12.6 Å². The van der Waals surface area contributed by atoms with Crippen molar-refractivity contribution >= 4 is 0 Å². The van der Waals surface area contributed by atoms with E-state index < -0.39 is 0 Å². The molecule has 0 amide bonds. The summed E-state index contributed by atoms with van der Waals surface area (Å²) in [6.45, 7) is 8.03. The van der Waals surface area contributed by atoms with Gasteiger partial charge in [-0.05, 0) is 38.1 Å². The molecule has 0 aliphatic heterocycles. The first-order valence-electron chi connectivity index (χ1n) is 4.93. The SMILES string of the molecule is CC(C)CNC(C)C1CCC1.[HH]. The van der Waals surface area contributed by atoms with Crippen LogP contribution in [0.4, 0.5) is 0 Å². The summed E-state index contributed by atoms with van der Waals surface area (Å²) in [5, 5.41) is 3.58. The quantitative estimate of drug-likeness (QED) is 0.661. The van der Waals surface area contributed by atoms with E-state index in [1.165, 1.54) is 25.8 Å². The molecule has 0 aromatic rings. The highest BCUT2D eigenvalue weighted by molar-refractivity contribution is 4.79. The van der Waals surface area contributed by atoms with E-state index in [1.807, 2.05) is 0 Å². The lowest BCUT2D eigenvalue weighted by Crippen LogP contribution is -2.38. The fourth-order valence-electron chi connectivity index (χ4n) is 1.53. The average Bonchev–Trinajstić information content (AvgIpc) is 1.79. The van der Waals surface area contributed by atoms with Crippen LogP contribution in [0.15, 0.2) is 0 Å². The van der Waals surface area contributed by atoms with Crippen LogP contribution in [0.5, 0.6) is 0 Å². The topological polar surface area (TPSA) is 12.0 Å². The van der Waals surface area contributed by atoms with Gasteiger partial charge in [-0.2, -0.15) is 0 Å². The van der Waals surface area contributed by atoms with Crippen LogP contribution in [0.25, 0.3) is 0 Å². The van der Waals surface area contributed by atoms with Gasteiger partial charge in [-0.1, -0.05) is 20.3 Å². The van der Waals surface area contributed by atoms with Gasteiger partial charge >= 0.3 is 0 Å². The van der Waals surface area contributed by atoms with Crippen LogP contribution < -0.4 is 5.32 Å². The van der Waals surface area contributed by atoms with Crippen molar-refractivity contribution in [3.8, 4) is 0 Å². The van der Waals surface area contributed by atoms with Gasteiger partial charge in [0.15, 0.2) is 0 Å². The van der Waals surface area contributed by atoms with Gasteiger partial charge in [-0.3, -0.25) is 0 Å². The standard InChI is InChI=1S/C10H21N.H2/c1-8(2)7-11-9(3)10-5-4-6-10;/h8-11H,4-7H2,1-3H3;1H. The van der Waals surface area contributed by atoms with Crippen LogP contribution in [0, 0.1) is 11.8 Å². The summed E-state index contributed by atoms with van der Waals surface area (Å²) < 4.78 is 0. The second-order valence-corrected chi connectivity index (χ2v) is 4.28. The third-order valence-corrected chi connectivity index (χ3v) is 2.71. The van der Waals surface area contributed by atoms with Crippen molar-refractivity contribution in [2.45, 2.75) is 46.1 Å². The van der Waals surface area contributed by atoms with Gasteiger partial charge in [0.1, 0.15) is 0 Å². The minimum atomic E-state index is 0. The molecule has 1 N–H and O–H groups in total. The molecule has 1 saturated carbocycles. The molecular formula is C10H23N. The maximum absolute atomic E-state index is 3.58. The van der Waals surface area contributed by atoms with Gasteiger partial charge in [0.05, 0.1) is 0 Å². The summed E-state index contributed by atoms with van der Waals surface area (Å²) in [6.07, 6.45) is 4.36. The van der Waals surface area contributed by atoms with E-state index in [2.05, 4.69) is 26.1 Å². The Morgan fingerprint density at radius 3 is 2.36 bits per heavy atom. The number of rotatable bonds is 4. The number of nitrogens with one attached hydrogen (secondary N) is 1. The summed E-state index contributed by atoms with van der Waals surface area (Å²) in [4.78, 5) is 0. The molecule has 1 rings (SSSR count). The molecule has 0 aromatic heterocycles. The fraction of sp³-hybridized carbons (Fsp3) is 1.00. The largest absolute Gasteiger partial charge is 0.314 e. The molecule has 0 spiro atoms. The Labute approximate surface area is 72.1 Å². The predicted octanol–water partition coefficient (Wildman–Crippen LogP) is 2.67. The van der Waals surface area contributed by atoms with Crippen molar-refractivity contribution in [2.24, 2.45) is 11.8 Å². The first-order valence-corrected chi connectivity index (χ1v) is 4.93.